The van der Waals surface area contributed by atoms with E-state index in [1.807, 2.05) is 30.5 Å². The number of thiophene rings is 1. The first kappa shape index (κ1) is 18.7. The third kappa shape index (κ3) is 3.71. The van der Waals surface area contributed by atoms with Crippen molar-refractivity contribution in [3.05, 3.63) is 68.6 Å². The molecule has 0 atom stereocenters. The molecule has 0 fully saturated rings. The van der Waals surface area contributed by atoms with Crippen LogP contribution in [0.25, 0.3) is 11.1 Å². The predicted molar refractivity (Wildman–Crippen MR) is 110 cm³/mol. The van der Waals surface area contributed by atoms with Crippen LogP contribution in [0.5, 0.6) is 0 Å². The van der Waals surface area contributed by atoms with Gasteiger partial charge in [-0.25, -0.2) is 0 Å². The van der Waals surface area contributed by atoms with Crippen LogP contribution in [0.2, 0.25) is 5.02 Å². The third-order valence-electron chi connectivity index (χ3n) is 4.68. The lowest BCUT2D eigenvalue weighted by molar-refractivity contribution is 0.1000. The minimum Gasteiger partial charge on any atom is -0.366 e. The van der Waals surface area contributed by atoms with Gasteiger partial charge in [0.25, 0.3) is 5.91 Å². The molecule has 1 amide bonds. The van der Waals surface area contributed by atoms with E-state index in [-0.39, 0.29) is 5.91 Å². The number of rotatable bonds is 7. The standard InChI is InChI=1S/C21H23ClN2OS/c1-3-4-8-18-20(16-9-10-26-13-16)19(21(23)25)14(2)24(18)12-15-6-5-7-17(22)11-15/h5-7,9-11,13H,3-4,8,12H2,1-2H3,(H2,23,25). The van der Waals surface area contributed by atoms with Crippen molar-refractivity contribution >= 4 is 28.8 Å². The molecule has 2 heterocycles. The van der Waals surface area contributed by atoms with Crippen molar-refractivity contribution in [1.29, 1.82) is 0 Å². The molecule has 0 spiro atoms. The van der Waals surface area contributed by atoms with E-state index in [1.54, 1.807) is 11.3 Å². The van der Waals surface area contributed by atoms with Crippen LogP contribution in [0.15, 0.2) is 41.1 Å². The van der Waals surface area contributed by atoms with Crippen LogP contribution in [0.1, 0.15) is 47.1 Å². The molecule has 3 rings (SSSR count). The summed E-state index contributed by atoms with van der Waals surface area (Å²) in [7, 11) is 0. The summed E-state index contributed by atoms with van der Waals surface area (Å²) in [5.41, 5.74) is 11.7. The first-order valence-electron chi connectivity index (χ1n) is 8.81. The largest absolute Gasteiger partial charge is 0.366 e. The zero-order chi connectivity index (χ0) is 18.7. The van der Waals surface area contributed by atoms with Gasteiger partial charge in [-0.2, -0.15) is 11.3 Å². The van der Waals surface area contributed by atoms with Crippen LogP contribution in [0, 0.1) is 6.92 Å². The van der Waals surface area contributed by atoms with Gasteiger partial charge in [-0.15, -0.1) is 0 Å². The maximum absolute atomic E-state index is 12.3. The van der Waals surface area contributed by atoms with Crippen LogP contribution < -0.4 is 5.73 Å². The summed E-state index contributed by atoms with van der Waals surface area (Å²) in [5.74, 6) is -0.369. The van der Waals surface area contributed by atoms with Crippen LogP contribution in [-0.2, 0) is 13.0 Å². The molecule has 0 unspecified atom stereocenters. The topological polar surface area (TPSA) is 48.0 Å². The van der Waals surface area contributed by atoms with E-state index in [4.69, 9.17) is 17.3 Å². The monoisotopic (exact) mass is 386 g/mol. The Morgan fingerprint density at radius 2 is 2.12 bits per heavy atom. The normalized spacial score (nSPS) is 11.0. The number of amides is 1. The quantitative estimate of drug-likeness (QED) is 0.558. The Kier molecular flexibility index (Phi) is 5.84. The lowest BCUT2D eigenvalue weighted by Crippen LogP contribution is -2.13. The molecule has 0 saturated heterocycles. The van der Waals surface area contributed by atoms with Crippen molar-refractivity contribution < 1.29 is 4.79 Å². The number of carbonyl (C=O) groups is 1. The van der Waals surface area contributed by atoms with E-state index in [2.05, 4.69) is 29.0 Å². The molecule has 1 aromatic carbocycles. The molecule has 0 bridgehead atoms. The van der Waals surface area contributed by atoms with Gasteiger partial charge in [0.05, 0.1) is 5.56 Å². The second-order valence-electron chi connectivity index (χ2n) is 6.48. The Balaban J connectivity index is 2.18. The molecule has 0 aliphatic rings. The zero-order valence-corrected chi connectivity index (χ0v) is 16.7. The Hall–Kier alpha value is -2.04. The molecule has 2 N–H and O–H groups in total. The van der Waals surface area contributed by atoms with Crippen molar-refractivity contribution in [2.75, 3.05) is 0 Å². The van der Waals surface area contributed by atoms with E-state index in [0.29, 0.717) is 12.1 Å². The summed E-state index contributed by atoms with van der Waals surface area (Å²) >= 11 is 7.79. The van der Waals surface area contributed by atoms with Gasteiger partial charge < -0.3 is 10.3 Å². The van der Waals surface area contributed by atoms with Gasteiger partial charge in [-0.05, 0) is 59.9 Å². The maximum atomic E-state index is 12.3. The van der Waals surface area contributed by atoms with Crippen LogP contribution in [0.3, 0.4) is 0 Å². The molecule has 3 nitrogen and oxygen atoms in total. The van der Waals surface area contributed by atoms with E-state index < -0.39 is 0 Å². The molecule has 3 aromatic rings. The first-order chi connectivity index (χ1) is 12.5. The molecule has 0 aliphatic heterocycles. The maximum Gasteiger partial charge on any atom is 0.251 e. The highest BCUT2D eigenvalue weighted by atomic mass is 35.5. The molecule has 0 saturated carbocycles. The van der Waals surface area contributed by atoms with E-state index >= 15 is 0 Å². The Morgan fingerprint density at radius 1 is 1.31 bits per heavy atom. The summed E-state index contributed by atoms with van der Waals surface area (Å²) in [4.78, 5) is 12.3. The first-order valence-corrected chi connectivity index (χ1v) is 10.1. The second kappa shape index (κ2) is 8.11. The molecule has 5 heteroatoms. The van der Waals surface area contributed by atoms with Gasteiger partial charge in [0.2, 0.25) is 0 Å². The fourth-order valence-electron chi connectivity index (χ4n) is 3.45. The highest BCUT2D eigenvalue weighted by Gasteiger charge is 2.24. The number of nitrogens with zero attached hydrogens (tertiary/aromatic N) is 1. The molecular formula is C21H23ClN2OS. The summed E-state index contributed by atoms with van der Waals surface area (Å²) < 4.78 is 2.23. The highest BCUT2D eigenvalue weighted by molar-refractivity contribution is 7.08. The number of hydrogen-bond donors (Lipinski definition) is 1. The highest BCUT2D eigenvalue weighted by Crippen LogP contribution is 2.35. The van der Waals surface area contributed by atoms with Crippen LogP contribution >= 0.6 is 22.9 Å². The zero-order valence-electron chi connectivity index (χ0n) is 15.1. The van der Waals surface area contributed by atoms with Crippen molar-refractivity contribution in [2.45, 2.75) is 39.7 Å². The van der Waals surface area contributed by atoms with Crippen molar-refractivity contribution in [3.63, 3.8) is 0 Å². The van der Waals surface area contributed by atoms with Gasteiger partial charge in [0.15, 0.2) is 0 Å². The number of primary amides is 1. The van der Waals surface area contributed by atoms with Crippen LogP contribution in [0.4, 0.5) is 0 Å². The lowest BCUT2D eigenvalue weighted by atomic mass is 10.00. The number of carbonyl (C=O) groups excluding carboxylic acids is 1. The smallest absolute Gasteiger partial charge is 0.251 e. The number of halogens is 1. The summed E-state index contributed by atoms with van der Waals surface area (Å²) in [6.07, 6.45) is 3.07. The van der Waals surface area contributed by atoms with Gasteiger partial charge >= 0.3 is 0 Å². The fraction of sp³-hybridized carbons (Fsp3) is 0.286. The number of aromatic nitrogens is 1. The van der Waals surface area contributed by atoms with Gasteiger partial charge in [-0.3, -0.25) is 4.79 Å². The Morgan fingerprint density at radius 3 is 2.73 bits per heavy atom. The fourth-order valence-corrected chi connectivity index (χ4v) is 4.31. The van der Waals surface area contributed by atoms with Gasteiger partial charge in [0, 0.05) is 28.5 Å². The second-order valence-corrected chi connectivity index (χ2v) is 7.69. The van der Waals surface area contributed by atoms with Crippen LogP contribution in [-0.4, -0.2) is 10.5 Å². The molecule has 2 aromatic heterocycles. The van der Waals surface area contributed by atoms with E-state index in [1.165, 1.54) is 5.69 Å². The third-order valence-corrected chi connectivity index (χ3v) is 5.60. The minimum absolute atomic E-state index is 0.369. The molecule has 0 aliphatic carbocycles. The number of benzene rings is 1. The van der Waals surface area contributed by atoms with Crippen molar-refractivity contribution in [1.82, 2.24) is 4.57 Å². The average molecular weight is 387 g/mol. The molecule has 136 valence electrons. The van der Waals surface area contributed by atoms with Gasteiger partial charge in [-0.1, -0.05) is 37.1 Å². The number of unbranched alkanes of at least 4 members (excludes halogenated alkanes) is 1. The molecular weight excluding hydrogens is 364 g/mol. The Labute approximate surface area is 163 Å². The lowest BCUT2D eigenvalue weighted by Gasteiger charge is -2.13. The van der Waals surface area contributed by atoms with Gasteiger partial charge in [0.1, 0.15) is 0 Å². The van der Waals surface area contributed by atoms with E-state index in [9.17, 15) is 4.79 Å². The summed E-state index contributed by atoms with van der Waals surface area (Å²) in [6, 6.07) is 9.92. The van der Waals surface area contributed by atoms with Crippen molar-refractivity contribution in [2.24, 2.45) is 5.73 Å². The minimum atomic E-state index is -0.369. The molecule has 26 heavy (non-hydrogen) atoms. The summed E-state index contributed by atoms with van der Waals surface area (Å²) in [6.45, 7) is 4.84. The molecule has 0 radical (unpaired) electrons. The summed E-state index contributed by atoms with van der Waals surface area (Å²) in [5, 5.41) is 4.84. The number of hydrogen-bond acceptors (Lipinski definition) is 2. The van der Waals surface area contributed by atoms with E-state index in [0.717, 1.165) is 46.7 Å². The predicted octanol–water partition coefficient (Wildman–Crippen LogP) is 5.67. The Bertz CT molecular complexity index is 912. The average Bonchev–Trinajstić information content (AvgIpc) is 3.21. The number of nitrogens with two attached hydrogens (primary N) is 1. The SMILES string of the molecule is CCCCc1c(-c2ccsc2)c(C(N)=O)c(C)n1Cc1cccc(Cl)c1. The van der Waals surface area contributed by atoms with Crippen molar-refractivity contribution in [3.8, 4) is 11.1 Å².